The lowest BCUT2D eigenvalue weighted by Gasteiger charge is -2.24. The number of likely N-dealkylation sites (tertiary alicyclic amines) is 1. The second-order valence-corrected chi connectivity index (χ2v) is 6.95. The summed E-state index contributed by atoms with van der Waals surface area (Å²) in [6.45, 7) is 5.90. The normalized spacial score (nSPS) is 19.0. The highest BCUT2D eigenvalue weighted by atomic mass is 16.6. The number of carbonyl (C=O) groups is 1. The van der Waals surface area contributed by atoms with Crippen LogP contribution in [0.1, 0.15) is 50.1 Å². The molecule has 0 spiro atoms. The van der Waals surface area contributed by atoms with E-state index in [0.717, 1.165) is 24.3 Å². The van der Waals surface area contributed by atoms with Crippen molar-refractivity contribution in [3.8, 4) is 11.5 Å². The van der Waals surface area contributed by atoms with Crippen LogP contribution < -0.4 is 14.8 Å². The molecule has 1 fully saturated rings. The molecule has 1 aromatic carbocycles. The average Bonchev–Trinajstić information content (AvgIpc) is 3.30. The van der Waals surface area contributed by atoms with Gasteiger partial charge in [0, 0.05) is 24.4 Å². The van der Waals surface area contributed by atoms with E-state index in [9.17, 15) is 4.79 Å². The van der Waals surface area contributed by atoms with Gasteiger partial charge in [0.15, 0.2) is 17.3 Å². The van der Waals surface area contributed by atoms with Crippen LogP contribution in [0.4, 0.5) is 10.5 Å². The molecule has 1 saturated heterocycles. The maximum absolute atomic E-state index is 12.8. The van der Waals surface area contributed by atoms with Crippen molar-refractivity contribution in [1.82, 2.24) is 10.1 Å². The molecule has 0 bridgehead atoms. The van der Waals surface area contributed by atoms with E-state index in [4.69, 9.17) is 14.0 Å². The molecule has 2 aliphatic heterocycles. The Balaban J connectivity index is 1.48. The molecule has 0 radical (unpaired) electrons. The lowest BCUT2D eigenvalue weighted by atomic mass is 10.1. The number of rotatable bonds is 3. The summed E-state index contributed by atoms with van der Waals surface area (Å²) in [4.78, 5) is 14.6. The van der Waals surface area contributed by atoms with Crippen LogP contribution in [0.3, 0.4) is 0 Å². The van der Waals surface area contributed by atoms with Crippen molar-refractivity contribution in [2.45, 2.75) is 38.6 Å². The van der Waals surface area contributed by atoms with Crippen molar-refractivity contribution < 1.29 is 18.8 Å². The molecule has 0 saturated carbocycles. The highest BCUT2D eigenvalue weighted by Crippen LogP contribution is 2.35. The van der Waals surface area contributed by atoms with E-state index in [1.165, 1.54) is 0 Å². The first-order valence-corrected chi connectivity index (χ1v) is 9.05. The second kappa shape index (κ2) is 6.90. The van der Waals surface area contributed by atoms with Gasteiger partial charge in [-0.05, 0) is 30.9 Å². The highest BCUT2D eigenvalue weighted by Gasteiger charge is 2.33. The zero-order valence-corrected chi connectivity index (χ0v) is 15.0. The maximum atomic E-state index is 12.8. The number of benzene rings is 1. The van der Waals surface area contributed by atoms with E-state index in [0.29, 0.717) is 42.9 Å². The molecule has 1 N–H and O–H groups in total. The standard InChI is InChI=1S/C19H23N3O4/c1-12(2)14-11-17(26-21-14)15-4-3-7-22(15)19(23)20-13-5-6-16-18(10-13)25-9-8-24-16/h5-6,10-12,15H,3-4,7-9H2,1-2H3,(H,20,23)/t15-/m1/s1. The fourth-order valence-corrected chi connectivity index (χ4v) is 3.35. The molecule has 138 valence electrons. The summed E-state index contributed by atoms with van der Waals surface area (Å²) >= 11 is 0. The van der Waals surface area contributed by atoms with E-state index in [-0.39, 0.29) is 12.1 Å². The molecule has 0 aliphatic carbocycles. The Bertz CT molecular complexity index is 802. The lowest BCUT2D eigenvalue weighted by molar-refractivity contribution is 0.171. The number of aromatic nitrogens is 1. The monoisotopic (exact) mass is 357 g/mol. The predicted molar refractivity (Wildman–Crippen MR) is 95.7 cm³/mol. The number of carbonyl (C=O) groups excluding carboxylic acids is 1. The first-order chi connectivity index (χ1) is 12.6. The van der Waals surface area contributed by atoms with Crippen molar-refractivity contribution >= 4 is 11.7 Å². The molecular weight excluding hydrogens is 334 g/mol. The highest BCUT2D eigenvalue weighted by molar-refractivity contribution is 5.90. The Kier molecular flexibility index (Phi) is 4.44. The third-order valence-electron chi connectivity index (χ3n) is 4.77. The number of ether oxygens (including phenoxy) is 2. The summed E-state index contributed by atoms with van der Waals surface area (Å²) in [6, 6.07) is 7.17. The topological polar surface area (TPSA) is 76.8 Å². The molecule has 7 nitrogen and oxygen atoms in total. The lowest BCUT2D eigenvalue weighted by Crippen LogP contribution is -2.34. The van der Waals surface area contributed by atoms with E-state index >= 15 is 0 Å². The minimum Gasteiger partial charge on any atom is -0.486 e. The number of nitrogens with one attached hydrogen (secondary N) is 1. The molecule has 0 unspecified atom stereocenters. The van der Waals surface area contributed by atoms with Gasteiger partial charge in [-0.1, -0.05) is 19.0 Å². The Labute approximate surface area is 152 Å². The summed E-state index contributed by atoms with van der Waals surface area (Å²) in [6.07, 6.45) is 1.82. The van der Waals surface area contributed by atoms with Crippen molar-refractivity contribution in [3.05, 3.63) is 35.7 Å². The van der Waals surface area contributed by atoms with E-state index in [2.05, 4.69) is 24.3 Å². The van der Waals surface area contributed by atoms with E-state index < -0.39 is 0 Å². The van der Waals surface area contributed by atoms with Gasteiger partial charge in [-0.25, -0.2) is 4.79 Å². The van der Waals surface area contributed by atoms with Crippen LogP contribution in [0.2, 0.25) is 0 Å². The van der Waals surface area contributed by atoms with Gasteiger partial charge in [-0.2, -0.15) is 0 Å². The Morgan fingerprint density at radius 1 is 1.23 bits per heavy atom. The number of hydrogen-bond acceptors (Lipinski definition) is 5. The quantitative estimate of drug-likeness (QED) is 0.900. The van der Waals surface area contributed by atoms with Gasteiger partial charge < -0.3 is 24.2 Å². The van der Waals surface area contributed by atoms with Crippen LogP contribution in [-0.4, -0.2) is 35.8 Å². The molecule has 1 atom stereocenters. The van der Waals surface area contributed by atoms with Crippen molar-refractivity contribution in [3.63, 3.8) is 0 Å². The third kappa shape index (κ3) is 3.21. The Morgan fingerprint density at radius 2 is 2.04 bits per heavy atom. The van der Waals surface area contributed by atoms with Crippen molar-refractivity contribution in [1.29, 1.82) is 0 Å². The number of nitrogens with zero attached hydrogens (tertiary/aromatic N) is 2. The summed E-state index contributed by atoms with van der Waals surface area (Å²) < 4.78 is 16.6. The number of amides is 2. The van der Waals surface area contributed by atoms with Crippen LogP contribution in [0, 0.1) is 0 Å². The maximum Gasteiger partial charge on any atom is 0.322 e. The number of urea groups is 1. The predicted octanol–water partition coefficient (Wildman–Crippen LogP) is 3.94. The number of hydrogen-bond donors (Lipinski definition) is 1. The largest absolute Gasteiger partial charge is 0.486 e. The summed E-state index contributed by atoms with van der Waals surface area (Å²) in [5.41, 5.74) is 1.60. The second-order valence-electron chi connectivity index (χ2n) is 6.95. The van der Waals surface area contributed by atoms with Gasteiger partial charge in [-0.3, -0.25) is 0 Å². The van der Waals surface area contributed by atoms with Gasteiger partial charge in [0.1, 0.15) is 13.2 Å². The fourth-order valence-electron chi connectivity index (χ4n) is 3.35. The summed E-state index contributed by atoms with van der Waals surface area (Å²) in [5.74, 6) is 2.41. The summed E-state index contributed by atoms with van der Waals surface area (Å²) in [5, 5.41) is 7.08. The third-order valence-corrected chi connectivity index (χ3v) is 4.77. The molecule has 1 aromatic heterocycles. The van der Waals surface area contributed by atoms with Gasteiger partial charge in [0.25, 0.3) is 0 Å². The smallest absolute Gasteiger partial charge is 0.322 e. The van der Waals surface area contributed by atoms with Gasteiger partial charge in [0.05, 0.1) is 11.7 Å². The minimum atomic E-state index is -0.147. The van der Waals surface area contributed by atoms with Crippen molar-refractivity contribution in [2.24, 2.45) is 0 Å². The zero-order chi connectivity index (χ0) is 18.1. The van der Waals surface area contributed by atoms with E-state index in [1.54, 1.807) is 11.0 Å². The average molecular weight is 357 g/mol. The molecule has 2 aliphatic rings. The van der Waals surface area contributed by atoms with Crippen molar-refractivity contribution in [2.75, 3.05) is 25.1 Å². The minimum absolute atomic E-state index is 0.0767. The van der Waals surface area contributed by atoms with Crippen LogP contribution in [0.25, 0.3) is 0 Å². The molecule has 2 aromatic rings. The van der Waals surface area contributed by atoms with Gasteiger partial charge in [0.2, 0.25) is 0 Å². The SMILES string of the molecule is CC(C)c1cc([C@H]2CCCN2C(=O)Nc2ccc3c(c2)OCCO3)on1. The molecule has 4 rings (SSSR count). The zero-order valence-electron chi connectivity index (χ0n) is 15.0. The number of fused-ring (bicyclic) bond motifs is 1. The Morgan fingerprint density at radius 3 is 2.81 bits per heavy atom. The number of anilines is 1. The molecule has 26 heavy (non-hydrogen) atoms. The van der Waals surface area contributed by atoms with Crippen LogP contribution in [0.5, 0.6) is 11.5 Å². The van der Waals surface area contributed by atoms with Crippen LogP contribution in [-0.2, 0) is 0 Å². The molecular formula is C19H23N3O4. The Hall–Kier alpha value is -2.70. The first-order valence-electron chi connectivity index (χ1n) is 9.05. The van der Waals surface area contributed by atoms with Gasteiger partial charge in [-0.15, -0.1) is 0 Å². The van der Waals surface area contributed by atoms with Crippen LogP contribution in [0.15, 0.2) is 28.8 Å². The van der Waals surface area contributed by atoms with E-state index in [1.807, 2.05) is 18.2 Å². The molecule has 7 heteroatoms. The van der Waals surface area contributed by atoms with Gasteiger partial charge >= 0.3 is 6.03 Å². The summed E-state index contributed by atoms with van der Waals surface area (Å²) in [7, 11) is 0. The fraction of sp³-hybridized carbons (Fsp3) is 0.474. The van der Waals surface area contributed by atoms with Crippen LogP contribution >= 0.6 is 0 Å². The molecule has 3 heterocycles. The first kappa shape index (κ1) is 16.8. The molecule has 2 amide bonds.